The van der Waals surface area contributed by atoms with Crippen LogP contribution in [-0.4, -0.2) is 25.5 Å². The lowest BCUT2D eigenvalue weighted by molar-refractivity contribution is -0.140. The SMILES string of the molecule is COC(=O)CCCCCNC(=O)C#CI. The fourth-order valence-corrected chi connectivity index (χ4v) is 1.21. The maximum absolute atomic E-state index is 10.9. The Bertz CT molecular complexity index is 268. The Hall–Kier alpha value is -0.770. The summed E-state index contributed by atoms with van der Waals surface area (Å²) in [6.07, 6.45) is 2.98. The summed E-state index contributed by atoms with van der Waals surface area (Å²) in [6, 6.07) is 0. The summed E-state index contributed by atoms with van der Waals surface area (Å²) in [7, 11) is 1.38. The molecule has 0 unspecified atom stereocenters. The molecule has 0 aliphatic rings. The Labute approximate surface area is 103 Å². The van der Waals surface area contributed by atoms with Gasteiger partial charge >= 0.3 is 5.97 Å². The third-order valence-corrected chi connectivity index (χ3v) is 2.00. The van der Waals surface area contributed by atoms with Crippen molar-refractivity contribution in [3.05, 3.63) is 0 Å². The van der Waals surface area contributed by atoms with E-state index in [1.54, 1.807) is 0 Å². The van der Waals surface area contributed by atoms with Gasteiger partial charge in [-0.15, -0.1) is 0 Å². The second-order valence-electron chi connectivity index (χ2n) is 2.86. The highest BCUT2D eigenvalue weighted by atomic mass is 127. The number of hydrogen-bond donors (Lipinski definition) is 1. The normalized spacial score (nSPS) is 8.67. The number of hydrogen-bond acceptors (Lipinski definition) is 3. The monoisotopic (exact) mass is 323 g/mol. The smallest absolute Gasteiger partial charge is 0.305 e. The maximum atomic E-state index is 10.9. The highest BCUT2D eigenvalue weighted by molar-refractivity contribution is 14.1. The van der Waals surface area contributed by atoms with E-state index in [1.165, 1.54) is 7.11 Å². The van der Waals surface area contributed by atoms with Crippen molar-refractivity contribution in [3.63, 3.8) is 0 Å². The molecule has 0 atom stereocenters. The summed E-state index contributed by atoms with van der Waals surface area (Å²) in [5.74, 6) is 1.94. The Morgan fingerprint density at radius 1 is 1.33 bits per heavy atom. The lowest BCUT2D eigenvalue weighted by Crippen LogP contribution is -2.22. The molecule has 5 heteroatoms. The molecular weight excluding hydrogens is 309 g/mol. The van der Waals surface area contributed by atoms with Crippen LogP contribution in [0.1, 0.15) is 25.7 Å². The van der Waals surface area contributed by atoms with E-state index in [1.807, 2.05) is 22.6 Å². The zero-order valence-corrected chi connectivity index (χ0v) is 10.8. The molecule has 0 heterocycles. The first-order valence-electron chi connectivity index (χ1n) is 4.67. The summed E-state index contributed by atoms with van der Waals surface area (Å²) < 4.78 is 6.99. The van der Waals surface area contributed by atoms with E-state index >= 15 is 0 Å². The predicted molar refractivity (Wildman–Crippen MR) is 65.3 cm³/mol. The molecule has 0 saturated carbocycles. The van der Waals surface area contributed by atoms with Crippen LogP contribution in [0.15, 0.2) is 0 Å². The van der Waals surface area contributed by atoms with Crippen LogP contribution in [0.3, 0.4) is 0 Å². The van der Waals surface area contributed by atoms with Crippen molar-refractivity contribution in [1.29, 1.82) is 0 Å². The molecule has 4 nitrogen and oxygen atoms in total. The summed E-state index contributed by atoms with van der Waals surface area (Å²) in [5, 5.41) is 2.65. The lowest BCUT2D eigenvalue weighted by atomic mass is 10.2. The molecule has 0 rings (SSSR count). The van der Waals surface area contributed by atoms with E-state index in [0.29, 0.717) is 13.0 Å². The van der Waals surface area contributed by atoms with Crippen LogP contribution in [0, 0.1) is 9.85 Å². The molecular formula is C10H14INO3. The van der Waals surface area contributed by atoms with Crippen LogP contribution in [0.5, 0.6) is 0 Å². The molecule has 0 aliphatic carbocycles. The quantitative estimate of drug-likeness (QED) is 0.346. The third kappa shape index (κ3) is 9.53. The molecule has 0 saturated heterocycles. The number of carbonyl (C=O) groups excluding carboxylic acids is 2. The van der Waals surface area contributed by atoms with Gasteiger partial charge in [0.1, 0.15) is 0 Å². The fourth-order valence-electron chi connectivity index (χ4n) is 0.962. The van der Waals surface area contributed by atoms with Crippen molar-refractivity contribution < 1.29 is 14.3 Å². The van der Waals surface area contributed by atoms with Gasteiger partial charge in [0, 0.05) is 41.5 Å². The van der Waals surface area contributed by atoms with E-state index in [0.717, 1.165) is 19.3 Å². The molecule has 15 heavy (non-hydrogen) atoms. The average Bonchev–Trinajstić information content (AvgIpc) is 2.23. The van der Waals surface area contributed by atoms with Crippen LogP contribution in [0.25, 0.3) is 0 Å². The second-order valence-corrected chi connectivity index (χ2v) is 3.40. The van der Waals surface area contributed by atoms with Crippen molar-refractivity contribution in [2.75, 3.05) is 13.7 Å². The van der Waals surface area contributed by atoms with Crippen LogP contribution in [-0.2, 0) is 14.3 Å². The number of esters is 1. The average molecular weight is 323 g/mol. The van der Waals surface area contributed by atoms with E-state index in [9.17, 15) is 9.59 Å². The molecule has 0 fully saturated rings. The first kappa shape index (κ1) is 14.2. The third-order valence-electron chi connectivity index (χ3n) is 1.73. The topological polar surface area (TPSA) is 55.4 Å². The van der Waals surface area contributed by atoms with E-state index in [2.05, 4.69) is 19.9 Å². The summed E-state index contributed by atoms with van der Waals surface area (Å²) in [6.45, 7) is 0.603. The number of ether oxygens (including phenoxy) is 1. The van der Waals surface area contributed by atoms with Crippen molar-refractivity contribution in [2.45, 2.75) is 25.7 Å². The number of methoxy groups -OCH3 is 1. The van der Waals surface area contributed by atoms with Gasteiger partial charge in [0.05, 0.1) is 7.11 Å². The van der Waals surface area contributed by atoms with Gasteiger partial charge in [-0.3, -0.25) is 9.59 Å². The number of carbonyl (C=O) groups is 2. The number of rotatable bonds is 6. The minimum absolute atomic E-state index is 0.185. The van der Waals surface area contributed by atoms with E-state index in [-0.39, 0.29) is 11.9 Å². The molecule has 0 radical (unpaired) electrons. The largest absolute Gasteiger partial charge is 0.469 e. The van der Waals surface area contributed by atoms with Crippen LogP contribution < -0.4 is 5.32 Å². The van der Waals surface area contributed by atoms with Gasteiger partial charge < -0.3 is 10.1 Å². The van der Waals surface area contributed by atoms with Crippen LogP contribution in [0.4, 0.5) is 0 Å². The zero-order valence-electron chi connectivity index (χ0n) is 8.64. The molecule has 0 bridgehead atoms. The van der Waals surface area contributed by atoms with Gasteiger partial charge in [-0.25, -0.2) is 0 Å². The molecule has 84 valence electrons. The first-order valence-corrected chi connectivity index (χ1v) is 5.75. The van der Waals surface area contributed by atoms with Gasteiger partial charge in [-0.1, -0.05) is 6.42 Å². The Kier molecular flexibility index (Phi) is 9.27. The Balaban J connectivity index is 3.28. The van der Waals surface area contributed by atoms with Crippen LogP contribution >= 0.6 is 22.6 Å². The lowest BCUT2D eigenvalue weighted by Gasteiger charge is -2.01. The molecule has 0 aromatic carbocycles. The number of halogens is 1. The maximum Gasteiger partial charge on any atom is 0.305 e. The molecule has 1 N–H and O–H groups in total. The molecule has 1 amide bonds. The van der Waals surface area contributed by atoms with Gasteiger partial charge in [-0.2, -0.15) is 0 Å². The molecule has 0 aromatic heterocycles. The van der Waals surface area contributed by atoms with Gasteiger partial charge in [0.25, 0.3) is 5.91 Å². The van der Waals surface area contributed by atoms with Gasteiger partial charge in [0.2, 0.25) is 0 Å². The number of amides is 1. The minimum Gasteiger partial charge on any atom is -0.469 e. The summed E-state index contributed by atoms with van der Waals surface area (Å²) in [4.78, 5) is 21.6. The van der Waals surface area contributed by atoms with Crippen molar-refractivity contribution in [1.82, 2.24) is 5.32 Å². The van der Waals surface area contributed by atoms with Gasteiger partial charge in [-0.05, 0) is 16.8 Å². The standard InChI is InChI=1S/C10H14INO3/c1-15-10(14)5-3-2-4-8-12-9(13)6-7-11/h2-5,8H2,1H3,(H,12,13). The molecule has 0 aliphatic heterocycles. The predicted octanol–water partition coefficient (Wildman–Crippen LogP) is 1.23. The first-order chi connectivity index (χ1) is 7.20. The zero-order chi connectivity index (χ0) is 11.5. The highest BCUT2D eigenvalue weighted by Gasteiger charge is 1.99. The van der Waals surface area contributed by atoms with Crippen LogP contribution in [0.2, 0.25) is 0 Å². The van der Waals surface area contributed by atoms with Crippen molar-refractivity contribution >= 4 is 34.5 Å². The molecule has 0 spiro atoms. The van der Waals surface area contributed by atoms with Crippen molar-refractivity contribution in [2.24, 2.45) is 0 Å². The number of nitrogens with one attached hydrogen (secondary N) is 1. The van der Waals surface area contributed by atoms with Gasteiger partial charge in [0.15, 0.2) is 0 Å². The minimum atomic E-state index is -0.252. The second kappa shape index (κ2) is 9.77. The number of unbranched alkanes of at least 4 members (excludes halogenated alkanes) is 2. The Morgan fingerprint density at radius 2 is 2.07 bits per heavy atom. The summed E-state index contributed by atoms with van der Waals surface area (Å²) in [5.41, 5.74) is 0. The Morgan fingerprint density at radius 3 is 2.67 bits per heavy atom. The fraction of sp³-hybridized carbons (Fsp3) is 0.600. The highest BCUT2D eigenvalue weighted by Crippen LogP contribution is 1.99. The summed E-state index contributed by atoms with van der Waals surface area (Å²) >= 11 is 1.82. The molecule has 0 aromatic rings. The van der Waals surface area contributed by atoms with Crippen molar-refractivity contribution in [3.8, 4) is 9.85 Å². The van der Waals surface area contributed by atoms with E-state index < -0.39 is 0 Å². The van der Waals surface area contributed by atoms with E-state index in [4.69, 9.17) is 0 Å².